The molecule has 0 aliphatic heterocycles. The van der Waals surface area contributed by atoms with Gasteiger partial charge in [0.2, 0.25) is 5.95 Å². The van der Waals surface area contributed by atoms with Crippen molar-refractivity contribution in [3.63, 3.8) is 0 Å². The second-order valence-corrected chi connectivity index (χ2v) is 4.02. The van der Waals surface area contributed by atoms with Gasteiger partial charge in [-0.05, 0) is 19.1 Å². The maximum Gasteiger partial charge on any atom is 0.263 e. The summed E-state index contributed by atoms with van der Waals surface area (Å²) in [7, 11) is 0. The minimum Gasteiger partial charge on any atom is -0.348 e. The lowest BCUT2D eigenvalue weighted by molar-refractivity contribution is 0.151. The average Bonchev–Trinajstić information content (AvgIpc) is 2.39. The van der Waals surface area contributed by atoms with Gasteiger partial charge in [0, 0.05) is 23.5 Å². The third-order valence-electron chi connectivity index (χ3n) is 2.65. The smallest absolute Gasteiger partial charge is 0.263 e. The van der Waals surface area contributed by atoms with Crippen molar-refractivity contribution in [2.75, 3.05) is 5.32 Å². The molecule has 1 N–H and O–H groups in total. The average molecular weight is 267 g/mol. The lowest BCUT2D eigenvalue weighted by Gasteiger charge is -2.15. The lowest BCUT2D eigenvalue weighted by Crippen LogP contribution is -2.11. The number of anilines is 1. The van der Waals surface area contributed by atoms with E-state index in [1.54, 1.807) is 25.4 Å². The highest BCUT2D eigenvalue weighted by Crippen LogP contribution is 2.25. The number of halogens is 3. The molecule has 0 saturated carbocycles. The first kappa shape index (κ1) is 13.3. The van der Waals surface area contributed by atoms with Crippen molar-refractivity contribution < 1.29 is 13.2 Å². The van der Waals surface area contributed by atoms with E-state index < -0.39 is 18.3 Å². The summed E-state index contributed by atoms with van der Waals surface area (Å²) in [6.45, 7) is 1.71. The summed E-state index contributed by atoms with van der Waals surface area (Å²) in [5, 5.41) is 2.90. The molecule has 1 aromatic carbocycles. The van der Waals surface area contributed by atoms with E-state index in [2.05, 4.69) is 15.3 Å². The third-order valence-corrected chi connectivity index (χ3v) is 2.65. The molecule has 2 aromatic rings. The summed E-state index contributed by atoms with van der Waals surface area (Å²) in [5.74, 6) is -0.318. The van der Waals surface area contributed by atoms with Crippen molar-refractivity contribution in [1.29, 1.82) is 0 Å². The Kier molecular flexibility index (Phi) is 3.99. The van der Waals surface area contributed by atoms with Crippen LogP contribution in [-0.2, 0) is 0 Å². The molecule has 19 heavy (non-hydrogen) atoms. The summed E-state index contributed by atoms with van der Waals surface area (Å²) in [5.41, 5.74) is -0.0405. The van der Waals surface area contributed by atoms with Crippen LogP contribution in [0, 0.1) is 5.82 Å². The molecule has 0 unspecified atom stereocenters. The molecule has 1 aromatic heterocycles. The molecule has 0 bridgehead atoms. The van der Waals surface area contributed by atoms with Crippen molar-refractivity contribution in [2.45, 2.75) is 19.4 Å². The predicted octanol–water partition coefficient (Wildman–Crippen LogP) is 3.73. The SMILES string of the molecule is C[C@H](Nc1ncccn1)c1ccc(C(F)F)cc1F. The van der Waals surface area contributed by atoms with Crippen molar-refractivity contribution in [3.8, 4) is 0 Å². The molecule has 0 saturated heterocycles. The van der Waals surface area contributed by atoms with Crippen molar-refractivity contribution in [2.24, 2.45) is 0 Å². The zero-order chi connectivity index (χ0) is 13.8. The topological polar surface area (TPSA) is 37.8 Å². The fourth-order valence-corrected chi connectivity index (χ4v) is 1.68. The molecule has 0 aliphatic carbocycles. The molecule has 1 atom stereocenters. The maximum absolute atomic E-state index is 13.7. The first-order valence-corrected chi connectivity index (χ1v) is 5.69. The van der Waals surface area contributed by atoms with Gasteiger partial charge in [-0.1, -0.05) is 12.1 Å². The Labute approximate surface area is 108 Å². The second kappa shape index (κ2) is 5.69. The van der Waals surface area contributed by atoms with E-state index in [0.29, 0.717) is 5.95 Å². The molecule has 0 amide bonds. The van der Waals surface area contributed by atoms with Crippen LogP contribution < -0.4 is 5.32 Å². The van der Waals surface area contributed by atoms with Crippen LogP contribution in [0.5, 0.6) is 0 Å². The number of nitrogens with one attached hydrogen (secondary N) is 1. The molecule has 3 nitrogen and oxygen atoms in total. The van der Waals surface area contributed by atoms with Gasteiger partial charge in [0.25, 0.3) is 6.43 Å². The molecule has 0 spiro atoms. The van der Waals surface area contributed by atoms with Crippen LogP contribution in [0.1, 0.15) is 30.5 Å². The molecule has 0 fully saturated rings. The van der Waals surface area contributed by atoms with Crippen molar-refractivity contribution >= 4 is 5.95 Å². The first-order valence-electron chi connectivity index (χ1n) is 5.69. The Morgan fingerprint density at radius 1 is 1.16 bits per heavy atom. The highest BCUT2D eigenvalue weighted by molar-refractivity contribution is 5.33. The van der Waals surface area contributed by atoms with E-state index in [9.17, 15) is 13.2 Å². The lowest BCUT2D eigenvalue weighted by atomic mass is 10.1. The fourth-order valence-electron chi connectivity index (χ4n) is 1.68. The van der Waals surface area contributed by atoms with E-state index >= 15 is 0 Å². The summed E-state index contributed by atoms with van der Waals surface area (Å²) in [4.78, 5) is 7.91. The van der Waals surface area contributed by atoms with Crippen molar-refractivity contribution in [1.82, 2.24) is 9.97 Å². The number of hydrogen-bond donors (Lipinski definition) is 1. The molecule has 6 heteroatoms. The number of rotatable bonds is 4. The molecular weight excluding hydrogens is 255 g/mol. The van der Waals surface area contributed by atoms with Gasteiger partial charge >= 0.3 is 0 Å². The zero-order valence-corrected chi connectivity index (χ0v) is 10.1. The Hall–Kier alpha value is -2.11. The fraction of sp³-hybridized carbons (Fsp3) is 0.231. The predicted molar refractivity (Wildman–Crippen MR) is 65.4 cm³/mol. The van der Waals surface area contributed by atoms with Crippen LogP contribution in [0.3, 0.4) is 0 Å². The molecule has 0 radical (unpaired) electrons. The van der Waals surface area contributed by atoms with Gasteiger partial charge < -0.3 is 5.32 Å². The standard InChI is InChI=1S/C13H12F3N3/c1-8(19-13-17-5-2-6-18-13)10-4-3-9(12(15)16)7-11(10)14/h2-8,12H,1H3,(H,17,18,19)/t8-/m0/s1. The largest absolute Gasteiger partial charge is 0.348 e. The summed E-state index contributed by atoms with van der Waals surface area (Å²) < 4.78 is 38.6. The van der Waals surface area contributed by atoms with E-state index in [4.69, 9.17) is 0 Å². The number of alkyl halides is 2. The maximum atomic E-state index is 13.7. The molecular formula is C13H12F3N3. The minimum atomic E-state index is -2.68. The van der Waals surface area contributed by atoms with Gasteiger partial charge in [-0.15, -0.1) is 0 Å². The Morgan fingerprint density at radius 2 is 1.84 bits per heavy atom. The van der Waals surface area contributed by atoms with Gasteiger partial charge in [-0.25, -0.2) is 23.1 Å². The van der Waals surface area contributed by atoms with Crippen molar-refractivity contribution in [3.05, 3.63) is 53.6 Å². The quantitative estimate of drug-likeness (QED) is 0.917. The van der Waals surface area contributed by atoms with Gasteiger partial charge in [0.05, 0.1) is 6.04 Å². The minimum absolute atomic E-state index is 0.289. The van der Waals surface area contributed by atoms with E-state index in [1.807, 2.05) is 0 Å². The highest BCUT2D eigenvalue weighted by atomic mass is 19.3. The summed E-state index contributed by atoms with van der Waals surface area (Å²) in [6, 6.07) is 4.65. The summed E-state index contributed by atoms with van der Waals surface area (Å²) in [6.07, 6.45) is 0.431. The van der Waals surface area contributed by atoms with Gasteiger partial charge in [0.15, 0.2) is 0 Å². The van der Waals surface area contributed by atoms with Crippen LogP contribution >= 0.6 is 0 Å². The van der Waals surface area contributed by atoms with E-state index in [0.717, 1.165) is 6.07 Å². The highest BCUT2D eigenvalue weighted by Gasteiger charge is 2.15. The number of hydrogen-bond acceptors (Lipinski definition) is 3. The van der Waals surface area contributed by atoms with Gasteiger partial charge in [0.1, 0.15) is 5.82 Å². The van der Waals surface area contributed by atoms with Crippen LogP contribution in [0.2, 0.25) is 0 Å². The number of benzene rings is 1. The number of nitrogens with zero attached hydrogens (tertiary/aromatic N) is 2. The number of aromatic nitrogens is 2. The normalized spacial score (nSPS) is 12.5. The Balaban J connectivity index is 2.17. The molecule has 2 rings (SSSR count). The first-order chi connectivity index (χ1) is 9.08. The third kappa shape index (κ3) is 3.21. The monoisotopic (exact) mass is 267 g/mol. The molecule has 100 valence electrons. The van der Waals surface area contributed by atoms with E-state index in [-0.39, 0.29) is 11.1 Å². The van der Waals surface area contributed by atoms with Crippen LogP contribution in [0.15, 0.2) is 36.7 Å². The van der Waals surface area contributed by atoms with E-state index in [1.165, 1.54) is 12.1 Å². The van der Waals surface area contributed by atoms with Crippen LogP contribution in [0.25, 0.3) is 0 Å². The Morgan fingerprint density at radius 3 is 2.42 bits per heavy atom. The Bertz CT molecular complexity index is 546. The second-order valence-electron chi connectivity index (χ2n) is 4.02. The molecule has 0 aliphatic rings. The van der Waals surface area contributed by atoms with Gasteiger partial charge in [-0.2, -0.15) is 0 Å². The van der Waals surface area contributed by atoms with Crippen LogP contribution in [0.4, 0.5) is 19.1 Å². The zero-order valence-electron chi connectivity index (χ0n) is 10.1. The summed E-state index contributed by atoms with van der Waals surface area (Å²) >= 11 is 0. The van der Waals surface area contributed by atoms with Gasteiger partial charge in [-0.3, -0.25) is 0 Å². The van der Waals surface area contributed by atoms with Crippen LogP contribution in [-0.4, -0.2) is 9.97 Å². The molecule has 1 heterocycles.